The van der Waals surface area contributed by atoms with E-state index in [2.05, 4.69) is 65.2 Å². The fourth-order valence-corrected chi connectivity index (χ4v) is 4.42. The third-order valence-corrected chi connectivity index (χ3v) is 6.66. The second-order valence-electron chi connectivity index (χ2n) is 8.96. The van der Waals surface area contributed by atoms with E-state index in [0.29, 0.717) is 0 Å². The zero-order chi connectivity index (χ0) is 21.9. The molecule has 1 aromatic rings. The maximum Gasteiger partial charge on any atom is 0.193 e. The molecule has 32 heavy (non-hydrogen) atoms. The molecule has 6 nitrogen and oxygen atoms in total. The van der Waals surface area contributed by atoms with E-state index >= 15 is 0 Å². The van der Waals surface area contributed by atoms with E-state index in [0.717, 1.165) is 51.3 Å². The van der Waals surface area contributed by atoms with Gasteiger partial charge in [-0.05, 0) is 49.8 Å². The third kappa shape index (κ3) is 9.15. The number of piperazine rings is 1. The first kappa shape index (κ1) is 27.3. The van der Waals surface area contributed by atoms with Crippen molar-refractivity contribution in [2.75, 3.05) is 66.1 Å². The molecule has 3 rings (SSSR count). The van der Waals surface area contributed by atoms with Gasteiger partial charge in [0.05, 0.1) is 6.54 Å². The first-order chi connectivity index (χ1) is 15.2. The summed E-state index contributed by atoms with van der Waals surface area (Å²) in [4.78, 5) is 12.3. The van der Waals surface area contributed by atoms with Crippen LogP contribution in [0.3, 0.4) is 0 Å². The lowest BCUT2D eigenvalue weighted by Gasteiger charge is -2.34. The summed E-state index contributed by atoms with van der Waals surface area (Å²) in [7, 11) is 2.15. The number of nitrogens with one attached hydrogen (secondary N) is 1. The topological polar surface area (TPSA) is 43.3 Å². The summed E-state index contributed by atoms with van der Waals surface area (Å²) >= 11 is 0. The van der Waals surface area contributed by atoms with Gasteiger partial charge in [-0.3, -0.25) is 4.90 Å². The Bertz CT molecular complexity index is 655. The lowest BCUT2D eigenvalue weighted by atomic mass is 9.96. The van der Waals surface area contributed by atoms with Crippen molar-refractivity contribution >= 4 is 29.9 Å². The van der Waals surface area contributed by atoms with Crippen molar-refractivity contribution in [1.82, 2.24) is 20.0 Å². The van der Waals surface area contributed by atoms with Crippen LogP contribution in [-0.2, 0) is 17.8 Å². The fraction of sp³-hybridized carbons (Fsp3) is 0.720. The van der Waals surface area contributed by atoms with Crippen LogP contribution in [0.5, 0.6) is 0 Å². The Kier molecular flexibility index (Phi) is 12.9. The SMILES string of the molecule is CCNC(=NCc1ccc(CN2CCN(CC)CC2)cc1)N(C)CCC1CCOCC1.I. The summed E-state index contributed by atoms with van der Waals surface area (Å²) in [5.41, 5.74) is 2.67. The summed E-state index contributed by atoms with van der Waals surface area (Å²) in [5, 5.41) is 3.45. The van der Waals surface area contributed by atoms with Gasteiger partial charge >= 0.3 is 0 Å². The van der Waals surface area contributed by atoms with Gasteiger partial charge in [0, 0.05) is 66.1 Å². The molecular weight excluding hydrogens is 513 g/mol. The van der Waals surface area contributed by atoms with E-state index in [1.165, 1.54) is 63.1 Å². The first-order valence-corrected chi connectivity index (χ1v) is 12.3. The molecule has 2 aliphatic rings. The van der Waals surface area contributed by atoms with Crippen LogP contribution in [0.1, 0.15) is 44.2 Å². The first-order valence-electron chi connectivity index (χ1n) is 12.3. The van der Waals surface area contributed by atoms with E-state index < -0.39 is 0 Å². The van der Waals surface area contributed by atoms with Gasteiger partial charge in [-0.1, -0.05) is 31.2 Å². The Hall–Kier alpha value is -0.900. The van der Waals surface area contributed by atoms with Crippen LogP contribution in [0.15, 0.2) is 29.3 Å². The minimum atomic E-state index is 0. The predicted octanol–water partition coefficient (Wildman–Crippen LogP) is 3.66. The third-order valence-electron chi connectivity index (χ3n) is 6.66. The van der Waals surface area contributed by atoms with Crippen molar-refractivity contribution in [3.05, 3.63) is 35.4 Å². The monoisotopic (exact) mass is 557 g/mol. The number of nitrogens with zero attached hydrogens (tertiary/aromatic N) is 4. The molecular formula is C25H44IN5O. The minimum absolute atomic E-state index is 0. The van der Waals surface area contributed by atoms with Crippen LogP contribution in [-0.4, -0.2) is 86.7 Å². The lowest BCUT2D eigenvalue weighted by molar-refractivity contribution is 0.0625. The Morgan fingerprint density at radius 2 is 1.66 bits per heavy atom. The lowest BCUT2D eigenvalue weighted by Crippen LogP contribution is -2.45. The van der Waals surface area contributed by atoms with Crippen LogP contribution >= 0.6 is 24.0 Å². The molecule has 1 N–H and O–H groups in total. The molecule has 0 unspecified atom stereocenters. The largest absolute Gasteiger partial charge is 0.381 e. The van der Waals surface area contributed by atoms with Crippen molar-refractivity contribution in [3.8, 4) is 0 Å². The van der Waals surface area contributed by atoms with Crippen LogP contribution in [0.2, 0.25) is 0 Å². The van der Waals surface area contributed by atoms with Gasteiger partial charge < -0.3 is 19.9 Å². The van der Waals surface area contributed by atoms with Crippen molar-refractivity contribution < 1.29 is 4.74 Å². The predicted molar refractivity (Wildman–Crippen MR) is 145 cm³/mol. The van der Waals surface area contributed by atoms with Crippen LogP contribution in [0, 0.1) is 5.92 Å². The molecule has 0 aromatic heterocycles. The number of likely N-dealkylation sites (N-methyl/N-ethyl adjacent to an activating group) is 1. The van der Waals surface area contributed by atoms with E-state index in [4.69, 9.17) is 9.73 Å². The standard InChI is InChI=1S/C25H43N5O.HI/c1-4-26-25(28(3)13-10-22-11-18-31-19-12-22)27-20-23-6-8-24(9-7-23)21-30-16-14-29(5-2)15-17-30;/h6-9,22H,4-5,10-21H2,1-3H3,(H,26,27);1H. The van der Waals surface area contributed by atoms with Crippen LogP contribution in [0.4, 0.5) is 0 Å². The maximum atomic E-state index is 5.49. The normalized spacial score (nSPS) is 18.9. The molecule has 0 radical (unpaired) electrons. The summed E-state index contributed by atoms with van der Waals surface area (Å²) < 4.78 is 5.49. The summed E-state index contributed by atoms with van der Waals surface area (Å²) in [6.45, 7) is 15.8. The quantitative estimate of drug-likeness (QED) is 0.285. The van der Waals surface area contributed by atoms with Gasteiger partial charge in [-0.25, -0.2) is 4.99 Å². The number of rotatable bonds is 9. The Morgan fingerprint density at radius 3 is 2.28 bits per heavy atom. The average molecular weight is 558 g/mol. The fourth-order valence-electron chi connectivity index (χ4n) is 4.42. The van der Waals surface area contributed by atoms with Gasteiger partial charge in [0.2, 0.25) is 0 Å². The number of guanidine groups is 1. The molecule has 0 spiro atoms. The molecule has 7 heteroatoms. The maximum absolute atomic E-state index is 5.49. The van der Waals surface area contributed by atoms with Gasteiger partial charge in [-0.15, -0.1) is 24.0 Å². The smallest absolute Gasteiger partial charge is 0.193 e. The number of benzene rings is 1. The highest BCUT2D eigenvalue weighted by Crippen LogP contribution is 2.18. The molecule has 0 bridgehead atoms. The zero-order valence-electron chi connectivity index (χ0n) is 20.4. The molecule has 0 saturated carbocycles. The van der Waals surface area contributed by atoms with Crippen molar-refractivity contribution in [2.24, 2.45) is 10.9 Å². The molecule has 2 aliphatic heterocycles. The van der Waals surface area contributed by atoms with Gasteiger partial charge in [0.1, 0.15) is 0 Å². The Morgan fingerprint density at radius 1 is 1.03 bits per heavy atom. The van der Waals surface area contributed by atoms with E-state index in [9.17, 15) is 0 Å². The Balaban J connectivity index is 0.00000363. The molecule has 182 valence electrons. The minimum Gasteiger partial charge on any atom is -0.381 e. The zero-order valence-corrected chi connectivity index (χ0v) is 22.7. The number of ether oxygens (including phenoxy) is 1. The van der Waals surface area contributed by atoms with Crippen molar-refractivity contribution in [2.45, 2.75) is 46.2 Å². The highest BCUT2D eigenvalue weighted by atomic mass is 127. The van der Waals surface area contributed by atoms with Crippen LogP contribution in [0.25, 0.3) is 0 Å². The van der Waals surface area contributed by atoms with Crippen molar-refractivity contribution in [1.29, 1.82) is 0 Å². The second kappa shape index (κ2) is 15.1. The average Bonchev–Trinajstić information content (AvgIpc) is 2.82. The summed E-state index contributed by atoms with van der Waals surface area (Å²) in [6, 6.07) is 9.04. The highest BCUT2D eigenvalue weighted by Gasteiger charge is 2.16. The second-order valence-corrected chi connectivity index (χ2v) is 8.96. The van der Waals surface area contributed by atoms with E-state index in [-0.39, 0.29) is 24.0 Å². The summed E-state index contributed by atoms with van der Waals surface area (Å²) in [5.74, 6) is 1.80. The number of halogens is 1. The molecule has 2 saturated heterocycles. The van der Waals surface area contributed by atoms with Crippen LogP contribution < -0.4 is 5.32 Å². The highest BCUT2D eigenvalue weighted by molar-refractivity contribution is 14.0. The summed E-state index contributed by atoms with van der Waals surface area (Å²) in [6.07, 6.45) is 3.61. The van der Waals surface area contributed by atoms with Gasteiger partial charge in [0.15, 0.2) is 5.96 Å². The van der Waals surface area contributed by atoms with Gasteiger partial charge in [0.25, 0.3) is 0 Å². The molecule has 0 atom stereocenters. The number of aliphatic imine (C=N–C) groups is 1. The Labute approximate surface area is 212 Å². The van der Waals surface area contributed by atoms with E-state index in [1.807, 2.05) is 0 Å². The number of hydrogen-bond donors (Lipinski definition) is 1. The molecule has 2 fully saturated rings. The number of hydrogen-bond acceptors (Lipinski definition) is 4. The van der Waals surface area contributed by atoms with Gasteiger partial charge in [-0.2, -0.15) is 0 Å². The van der Waals surface area contributed by atoms with E-state index in [1.54, 1.807) is 0 Å². The van der Waals surface area contributed by atoms with Crippen molar-refractivity contribution in [3.63, 3.8) is 0 Å². The molecule has 0 aliphatic carbocycles. The molecule has 0 amide bonds. The molecule has 2 heterocycles. The molecule has 1 aromatic carbocycles.